The number of amides is 1. The molecule has 116 valence electrons. The van der Waals surface area contributed by atoms with Crippen molar-refractivity contribution in [1.82, 2.24) is 25.6 Å². The molecule has 0 aliphatic carbocycles. The van der Waals surface area contributed by atoms with E-state index in [-0.39, 0.29) is 12.1 Å². The number of fused-ring (bicyclic) bond motifs is 1. The molecule has 0 saturated heterocycles. The number of hydrogen-bond donors (Lipinski definition) is 4. The van der Waals surface area contributed by atoms with Crippen molar-refractivity contribution >= 4 is 23.0 Å². The summed E-state index contributed by atoms with van der Waals surface area (Å²) in [6.45, 7) is 0. The van der Waals surface area contributed by atoms with Gasteiger partial charge in [0.05, 0.1) is 12.6 Å². The van der Waals surface area contributed by atoms with E-state index >= 15 is 0 Å². The summed E-state index contributed by atoms with van der Waals surface area (Å²) in [4.78, 5) is 39.1. The molecular formula is C14H12N6O3. The Hall–Kier alpha value is -3.49. The minimum absolute atomic E-state index is 0.0932. The van der Waals surface area contributed by atoms with Gasteiger partial charge in [0.15, 0.2) is 0 Å². The maximum absolute atomic E-state index is 11.7. The number of nitrogens with zero attached hydrogens (tertiary/aromatic N) is 2. The lowest BCUT2D eigenvalue weighted by atomic mass is 10.2. The van der Waals surface area contributed by atoms with Gasteiger partial charge >= 0.3 is 5.69 Å². The average molecular weight is 312 g/mol. The zero-order valence-corrected chi connectivity index (χ0v) is 11.8. The molecule has 3 rings (SSSR count). The van der Waals surface area contributed by atoms with Gasteiger partial charge in [0.25, 0.3) is 5.56 Å². The number of aromatic amines is 3. The number of aromatic nitrogens is 4. The van der Waals surface area contributed by atoms with Gasteiger partial charge in [-0.15, -0.1) is 0 Å². The van der Waals surface area contributed by atoms with Gasteiger partial charge in [0.2, 0.25) is 5.91 Å². The van der Waals surface area contributed by atoms with E-state index in [0.29, 0.717) is 0 Å². The van der Waals surface area contributed by atoms with Crippen molar-refractivity contribution in [2.24, 2.45) is 5.10 Å². The van der Waals surface area contributed by atoms with Crippen LogP contribution in [0.25, 0.3) is 10.9 Å². The van der Waals surface area contributed by atoms with E-state index in [0.717, 1.165) is 16.5 Å². The predicted molar refractivity (Wildman–Crippen MR) is 83.2 cm³/mol. The maximum Gasteiger partial charge on any atom is 0.342 e. The number of para-hydroxylation sites is 1. The highest BCUT2D eigenvalue weighted by Gasteiger charge is 2.08. The van der Waals surface area contributed by atoms with Gasteiger partial charge in [-0.2, -0.15) is 10.2 Å². The molecule has 0 unspecified atom stereocenters. The summed E-state index contributed by atoms with van der Waals surface area (Å²) in [5.74, 6) is -0.522. The summed E-state index contributed by atoms with van der Waals surface area (Å²) in [6, 6.07) is 7.68. The first-order valence-corrected chi connectivity index (χ1v) is 6.69. The molecule has 0 aliphatic heterocycles. The van der Waals surface area contributed by atoms with Crippen LogP contribution in [-0.2, 0) is 11.2 Å². The lowest BCUT2D eigenvalue weighted by Crippen LogP contribution is -2.31. The number of carbonyl (C=O) groups excluding carboxylic acids is 1. The first kappa shape index (κ1) is 14.4. The summed E-state index contributed by atoms with van der Waals surface area (Å²) >= 11 is 0. The van der Waals surface area contributed by atoms with Crippen LogP contribution in [0.4, 0.5) is 0 Å². The lowest BCUT2D eigenvalue weighted by molar-refractivity contribution is -0.120. The zero-order valence-electron chi connectivity index (χ0n) is 11.8. The van der Waals surface area contributed by atoms with Crippen LogP contribution in [0, 0.1) is 0 Å². The van der Waals surface area contributed by atoms with Crippen molar-refractivity contribution in [2.45, 2.75) is 6.42 Å². The number of H-pyrrole nitrogens is 3. The third-order valence-corrected chi connectivity index (χ3v) is 3.12. The zero-order chi connectivity index (χ0) is 16.2. The molecule has 0 radical (unpaired) electrons. The van der Waals surface area contributed by atoms with E-state index in [9.17, 15) is 14.4 Å². The van der Waals surface area contributed by atoms with Crippen molar-refractivity contribution in [1.29, 1.82) is 0 Å². The topological polar surface area (TPSA) is 136 Å². The Morgan fingerprint density at radius 1 is 1.30 bits per heavy atom. The molecule has 1 amide bonds. The van der Waals surface area contributed by atoms with Crippen molar-refractivity contribution in [3.63, 3.8) is 0 Å². The van der Waals surface area contributed by atoms with Crippen molar-refractivity contribution < 1.29 is 4.79 Å². The number of hydrazone groups is 1. The fourth-order valence-electron chi connectivity index (χ4n) is 2.06. The second-order valence-electron chi connectivity index (χ2n) is 4.71. The van der Waals surface area contributed by atoms with Gasteiger partial charge in [-0.3, -0.25) is 14.6 Å². The lowest BCUT2D eigenvalue weighted by Gasteiger charge is -1.98. The van der Waals surface area contributed by atoms with E-state index in [2.05, 4.69) is 25.7 Å². The first-order valence-electron chi connectivity index (χ1n) is 6.69. The molecule has 0 bridgehead atoms. The number of nitrogens with one attached hydrogen (secondary N) is 4. The SMILES string of the molecule is O=C(Cc1n[nH]c(=O)[nH]c1=O)NN=Cc1c[nH]c2ccccc12. The van der Waals surface area contributed by atoms with E-state index in [1.807, 2.05) is 29.2 Å². The van der Waals surface area contributed by atoms with Crippen LogP contribution in [0.5, 0.6) is 0 Å². The second-order valence-corrected chi connectivity index (χ2v) is 4.71. The summed E-state index contributed by atoms with van der Waals surface area (Å²) in [5, 5.41) is 10.4. The molecule has 0 saturated carbocycles. The molecule has 9 heteroatoms. The predicted octanol–water partition coefficient (Wildman–Crippen LogP) is -0.368. The Balaban J connectivity index is 1.67. The van der Waals surface area contributed by atoms with Crippen LogP contribution in [0.15, 0.2) is 45.2 Å². The number of hydrogen-bond acceptors (Lipinski definition) is 5. The third kappa shape index (κ3) is 3.23. The summed E-state index contributed by atoms with van der Waals surface area (Å²) in [7, 11) is 0. The monoisotopic (exact) mass is 312 g/mol. The average Bonchev–Trinajstić information content (AvgIpc) is 2.94. The van der Waals surface area contributed by atoms with Crippen LogP contribution < -0.4 is 16.7 Å². The van der Waals surface area contributed by atoms with Gasteiger partial charge in [0, 0.05) is 22.7 Å². The number of carbonyl (C=O) groups is 1. The second kappa shape index (κ2) is 6.10. The molecule has 0 atom stereocenters. The first-order chi connectivity index (χ1) is 11.1. The van der Waals surface area contributed by atoms with Crippen LogP contribution in [0.2, 0.25) is 0 Å². The Labute approximate surface area is 128 Å². The molecule has 2 aromatic heterocycles. The van der Waals surface area contributed by atoms with Gasteiger partial charge in [0.1, 0.15) is 5.69 Å². The summed E-state index contributed by atoms with van der Waals surface area (Å²) in [6.07, 6.45) is 2.98. The van der Waals surface area contributed by atoms with Crippen LogP contribution in [0.1, 0.15) is 11.3 Å². The normalized spacial score (nSPS) is 11.1. The fraction of sp³-hybridized carbons (Fsp3) is 0.0714. The minimum atomic E-state index is -0.725. The van der Waals surface area contributed by atoms with E-state index in [1.54, 1.807) is 6.20 Å². The molecule has 0 aliphatic rings. The Bertz CT molecular complexity index is 997. The molecule has 3 aromatic rings. The van der Waals surface area contributed by atoms with Crippen LogP contribution in [-0.4, -0.2) is 32.3 Å². The Morgan fingerprint density at radius 3 is 2.96 bits per heavy atom. The van der Waals surface area contributed by atoms with E-state index in [1.165, 1.54) is 6.21 Å². The molecule has 0 fully saturated rings. The molecule has 2 heterocycles. The third-order valence-electron chi connectivity index (χ3n) is 3.12. The highest BCUT2D eigenvalue weighted by Crippen LogP contribution is 2.15. The summed E-state index contributed by atoms with van der Waals surface area (Å²) in [5.41, 5.74) is 2.57. The van der Waals surface area contributed by atoms with Gasteiger partial charge in [-0.05, 0) is 6.07 Å². The highest BCUT2D eigenvalue weighted by atomic mass is 16.2. The maximum atomic E-state index is 11.7. The Morgan fingerprint density at radius 2 is 2.13 bits per heavy atom. The molecule has 23 heavy (non-hydrogen) atoms. The molecule has 1 aromatic carbocycles. The van der Waals surface area contributed by atoms with Gasteiger partial charge in [-0.25, -0.2) is 15.3 Å². The van der Waals surface area contributed by atoms with Crippen molar-refractivity contribution in [3.05, 3.63) is 62.6 Å². The highest BCUT2D eigenvalue weighted by molar-refractivity contribution is 5.99. The number of benzene rings is 1. The fourth-order valence-corrected chi connectivity index (χ4v) is 2.06. The molecule has 9 nitrogen and oxygen atoms in total. The van der Waals surface area contributed by atoms with E-state index in [4.69, 9.17) is 0 Å². The Kier molecular flexibility index (Phi) is 3.83. The van der Waals surface area contributed by atoms with Crippen LogP contribution in [0.3, 0.4) is 0 Å². The number of rotatable bonds is 4. The van der Waals surface area contributed by atoms with Crippen LogP contribution >= 0.6 is 0 Å². The smallest absolute Gasteiger partial charge is 0.342 e. The van der Waals surface area contributed by atoms with Gasteiger partial charge in [-0.1, -0.05) is 18.2 Å². The molecular weight excluding hydrogens is 300 g/mol. The molecule has 4 N–H and O–H groups in total. The minimum Gasteiger partial charge on any atom is -0.361 e. The molecule has 0 spiro atoms. The summed E-state index contributed by atoms with van der Waals surface area (Å²) < 4.78 is 0. The standard InChI is InChI=1S/C14H12N6O3/c21-12(5-11-13(22)17-14(23)20-18-11)19-16-7-8-6-15-10-4-2-1-3-9(8)10/h1-4,6-7,15H,5H2,(H,19,21)(H2,17,20,22,23). The largest absolute Gasteiger partial charge is 0.361 e. The van der Waals surface area contributed by atoms with Crippen molar-refractivity contribution in [3.8, 4) is 0 Å². The van der Waals surface area contributed by atoms with E-state index < -0.39 is 17.2 Å². The quantitative estimate of drug-likeness (QED) is 0.386. The van der Waals surface area contributed by atoms with Crippen molar-refractivity contribution in [2.75, 3.05) is 0 Å². The van der Waals surface area contributed by atoms with Gasteiger partial charge < -0.3 is 4.98 Å².